The number of rotatable bonds is 3. The minimum atomic E-state index is 0.636. The second kappa shape index (κ2) is 4.58. The van der Waals surface area contributed by atoms with Crippen molar-refractivity contribution in [3.63, 3.8) is 0 Å². The molecule has 88 valence electrons. The summed E-state index contributed by atoms with van der Waals surface area (Å²) in [7, 11) is 0. The fourth-order valence-corrected chi connectivity index (χ4v) is 2.04. The van der Waals surface area contributed by atoms with Crippen LogP contribution in [0.4, 0.5) is 0 Å². The van der Waals surface area contributed by atoms with Gasteiger partial charge in [0.25, 0.3) is 0 Å². The van der Waals surface area contributed by atoms with E-state index in [1.165, 1.54) is 11.2 Å². The zero-order valence-electron chi connectivity index (χ0n) is 9.45. The lowest BCUT2D eigenvalue weighted by Crippen LogP contribution is -2.11. The minimum absolute atomic E-state index is 0.636. The average Bonchev–Trinajstić information content (AvgIpc) is 3.02. The third kappa shape index (κ3) is 2.31. The Kier molecular flexibility index (Phi) is 2.79. The first kappa shape index (κ1) is 10.3. The summed E-state index contributed by atoms with van der Waals surface area (Å²) >= 11 is 0. The Morgan fingerprint density at radius 3 is 3.18 bits per heavy atom. The lowest BCUT2D eigenvalue weighted by molar-refractivity contribution is 0.560. The summed E-state index contributed by atoms with van der Waals surface area (Å²) in [4.78, 5) is 5.66. The average molecular weight is 230 g/mol. The van der Waals surface area contributed by atoms with E-state index in [1.807, 2.05) is 18.2 Å². The standard InChI is InChI=1S/C11H14N6/c1-2-5-13-11(3-1)17-15-10(14-16-17)7-9-4-6-12-8-9/h1-3,5,9,12H,4,6-8H2. The third-order valence-electron chi connectivity index (χ3n) is 2.94. The largest absolute Gasteiger partial charge is 0.316 e. The Bertz CT molecular complexity index is 474. The zero-order valence-corrected chi connectivity index (χ0v) is 9.45. The molecule has 2 aromatic rings. The van der Waals surface area contributed by atoms with Gasteiger partial charge in [-0.15, -0.1) is 15.0 Å². The summed E-state index contributed by atoms with van der Waals surface area (Å²) < 4.78 is 0. The summed E-state index contributed by atoms with van der Waals surface area (Å²) in [5.74, 6) is 2.14. The maximum atomic E-state index is 4.35. The Morgan fingerprint density at radius 1 is 1.41 bits per heavy atom. The summed E-state index contributed by atoms with van der Waals surface area (Å²) in [5, 5.41) is 15.8. The van der Waals surface area contributed by atoms with Gasteiger partial charge in [0, 0.05) is 12.6 Å². The molecule has 1 aliphatic rings. The number of nitrogens with one attached hydrogen (secondary N) is 1. The van der Waals surface area contributed by atoms with Crippen LogP contribution in [0.2, 0.25) is 0 Å². The molecule has 0 radical (unpaired) electrons. The van der Waals surface area contributed by atoms with Crippen molar-refractivity contribution >= 4 is 0 Å². The van der Waals surface area contributed by atoms with Crippen molar-refractivity contribution in [1.82, 2.24) is 30.5 Å². The molecule has 0 aromatic carbocycles. The number of hydrogen-bond donors (Lipinski definition) is 1. The molecule has 1 atom stereocenters. The summed E-state index contributed by atoms with van der Waals surface area (Å²) in [6, 6.07) is 5.64. The van der Waals surface area contributed by atoms with Gasteiger partial charge in [-0.3, -0.25) is 0 Å². The predicted octanol–water partition coefficient (Wildman–Crippen LogP) is 0.209. The van der Waals surface area contributed by atoms with Crippen LogP contribution >= 0.6 is 0 Å². The van der Waals surface area contributed by atoms with E-state index in [0.29, 0.717) is 11.7 Å². The minimum Gasteiger partial charge on any atom is -0.316 e. The monoisotopic (exact) mass is 230 g/mol. The SMILES string of the molecule is c1ccc(-n2nnc(CC3CCNC3)n2)nc1. The van der Waals surface area contributed by atoms with Crippen molar-refractivity contribution < 1.29 is 0 Å². The molecule has 0 aliphatic carbocycles. The fourth-order valence-electron chi connectivity index (χ4n) is 2.04. The van der Waals surface area contributed by atoms with Crippen LogP contribution in [0.1, 0.15) is 12.2 Å². The van der Waals surface area contributed by atoms with Crippen LogP contribution in [-0.2, 0) is 6.42 Å². The summed E-state index contributed by atoms with van der Waals surface area (Å²) in [6.45, 7) is 2.15. The molecule has 1 aliphatic heterocycles. The molecule has 0 spiro atoms. The Hall–Kier alpha value is -1.82. The molecular formula is C11H14N6. The molecule has 17 heavy (non-hydrogen) atoms. The zero-order chi connectivity index (χ0) is 11.5. The van der Waals surface area contributed by atoms with E-state index < -0.39 is 0 Å². The van der Waals surface area contributed by atoms with E-state index >= 15 is 0 Å². The Labute approximate surface area is 99.1 Å². The van der Waals surface area contributed by atoms with Crippen molar-refractivity contribution in [2.45, 2.75) is 12.8 Å². The van der Waals surface area contributed by atoms with Crippen LogP contribution in [0.5, 0.6) is 0 Å². The second-order valence-corrected chi connectivity index (χ2v) is 4.25. The maximum absolute atomic E-state index is 4.35. The first-order valence-electron chi connectivity index (χ1n) is 5.83. The van der Waals surface area contributed by atoms with Gasteiger partial charge in [0.2, 0.25) is 0 Å². The number of nitrogens with zero attached hydrogens (tertiary/aromatic N) is 5. The van der Waals surface area contributed by atoms with Crippen LogP contribution in [0.25, 0.3) is 5.82 Å². The van der Waals surface area contributed by atoms with Crippen LogP contribution in [0.15, 0.2) is 24.4 Å². The van der Waals surface area contributed by atoms with Crippen molar-refractivity contribution in [2.24, 2.45) is 5.92 Å². The summed E-state index contributed by atoms with van der Waals surface area (Å²) in [6.07, 6.45) is 3.80. The molecule has 2 aromatic heterocycles. The van der Waals surface area contributed by atoms with Crippen molar-refractivity contribution in [3.05, 3.63) is 30.2 Å². The quantitative estimate of drug-likeness (QED) is 0.816. The van der Waals surface area contributed by atoms with Gasteiger partial charge in [0.15, 0.2) is 11.6 Å². The van der Waals surface area contributed by atoms with E-state index in [9.17, 15) is 0 Å². The molecule has 1 fully saturated rings. The van der Waals surface area contributed by atoms with Gasteiger partial charge >= 0.3 is 0 Å². The highest BCUT2D eigenvalue weighted by molar-refractivity contribution is 5.17. The number of aromatic nitrogens is 5. The molecule has 6 nitrogen and oxygen atoms in total. The highest BCUT2D eigenvalue weighted by atomic mass is 15.6. The highest BCUT2D eigenvalue weighted by Gasteiger charge is 2.17. The van der Waals surface area contributed by atoms with Gasteiger partial charge in [-0.25, -0.2) is 4.98 Å². The smallest absolute Gasteiger partial charge is 0.176 e. The first-order valence-corrected chi connectivity index (χ1v) is 5.83. The van der Waals surface area contributed by atoms with Gasteiger partial charge in [0.1, 0.15) is 0 Å². The molecular weight excluding hydrogens is 216 g/mol. The Morgan fingerprint density at radius 2 is 2.41 bits per heavy atom. The topological polar surface area (TPSA) is 68.5 Å². The van der Waals surface area contributed by atoms with Crippen LogP contribution < -0.4 is 5.32 Å². The van der Waals surface area contributed by atoms with E-state index in [4.69, 9.17) is 0 Å². The lowest BCUT2D eigenvalue weighted by Gasteiger charge is -2.02. The summed E-state index contributed by atoms with van der Waals surface area (Å²) in [5.41, 5.74) is 0. The van der Waals surface area contributed by atoms with Crippen molar-refractivity contribution in [3.8, 4) is 5.82 Å². The van der Waals surface area contributed by atoms with Gasteiger partial charge in [-0.2, -0.15) is 0 Å². The molecule has 0 amide bonds. The molecule has 0 bridgehead atoms. The molecule has 0 saturated carbocycles. The van der Waals surface area contributed by atoms with E-state index in [-0.39, 0.29) is 0 Å². The van der Waals surface area contributed by atoms with Crippen LogP contribution in [0.3, 0.4) is 0 Å². The van der Waals surface area contributed by atoms with Crippen LogP contribution in [0, 0.1) is 5.92 Å². The molecule has 3 rings (SSSR count). The van der Waals surface area contributed by atoms with Gasteiger partial charge < -0.3 is 5.32 Å². The van der Waals surface area contributed by atoms with E-state index in [1.54, 1.807) is 6.20 Å². The van der Waals surface area contributed by atoms with E-state index in [0.717, 1.165) is 25.3 Å². The molecule has 1 unspecified atom stereocenters. The molecule has 6 heteroatoms. The van der Waals surface area contributed by atoms with Crippen molar-refractivity contribution in [2.75, 3.05) is 13.1 Å². The molecule has 3 heterocycles. The third-order valence-corrected chi connectivity index (χ3v) is 2.94. The predicted molar refractivity (Wildman–Crippen MR) is 61.6 cm³/mol. The van der Waals surface area contributed by atoms with Crippen LogP contribution in [-0.4, -0.2) is 38.3 Å². The number of pyridine rings is 1. The fraction of sp³-hybridized carbons (Fsp3) is 0.455. The maximum Gasteiger partial charge on any atom is 0.176 e. The van der Waals surface area contributed by atoms with Gasteiger partial charge in [0.05, 0.1) is 0 Å². The lowest BCUT2D eigenvalue weighted by atomic mass is 10.1. The van der Waals surface area contributed by atoms with Crippen molar-refractivity contribution in [1.29, 1.82) is 0 Å². The first-order chi connectivity index (χ1) is 8.42. The molecule has 1 saturated heterocycles. The number of tetrazole rings is 1. The second-order valence-electron chi connectivity index (χ2n) is 4.25. The van der Waals surface area contributed by atoms with Gasteiger partial charge in [-0.05, 0) is 42.8 Å². The Balaban J connectivity index is 1.74. The van der Waals surface area contributed by atoms with Gasteiger partial charge in [-0.1, -0.05) is 6.07 Å². The number of hydrogen-bond acceptors (Lipinski definition) is 5. The van der Waals surface area contributed by atoms with E-state index in [2.05, 4.69) is 25.7 Å². The molecule has 1 N–H and O–H groups in total. The normalized spacial score (nSPS) is 19.6. The highest BCUT2D eigenvalue weighted by Crippen LogP contribution is 2.12.